The van der Waals surface area contributed by atoms with E-state index in [2.05, 4.69) is 11.9 Å². The van der Waals surface area contributed by atoms with E-state index in [1.165, 1.54) is 18.4 Å². The van der Waals surface area contributed by atoms with Gasteiger partial charge in [-0.3, -0.25) is 0 Å². The molecule has 0 unspecified atom stereocenters. The largest absolute Gasteiger partial charge is 0.391 e. The molecule has 0 saturated carbocycles. The Bertz CT molecular complexity index is 114. The average molecular weight is 109 g/mol. The highest BCUT2D eigenvalue weighted by molar-refractivity contribution is 5.16. The van der Waals surface area contributed by atoms with Gasteiger partial charge in [0.1, 0.15) is 0 Å². The molecule has 0 spiro atoms. The van der Waals surface area contributed by atoms with Crippen LogP contribution < -0.4 is 5.32 Å². The number of nitrogens with one attached hydrogen (secondary N) is 1. The zero-order chi connectivity index (χ0) is 5.82. The first-order valence-electron chi connectivity index (χ1n) is 2.98. The first kappa shape index (κ1) is 5.42. The van der Waals surface area contributed by atoms with Crippen molar-refractivity contribution in [1.29, 1.82) is 0 Å². The molecule has 0 saturated heterocycles. The van der Waals surface area contributed by atoms with Crippen molar-refractivity contribution in [3.8, 4) is 0 Å². The summed E-state index contributed by atoms with van der Waals surface area (Å²) in [5, 5.41) is 3.15. The third-order valence-corrected chi connectivity index (χ3v) is 1.34. The van der Waals surface area contributed by atoms with Crippen LogP contribution in [0.2, 0.25) is 0 Å². The summed E-state index contributed by atoms with van der Waals surface area (Å²) in [5.41, 5.74) is 1.33. The Hall–Kier alpha value is -0.720. The highest BCUT2D eigenvalue weighted by Crippen LogP contribution is 2.07. The van der Waals surface area contributed by atoms with E-state index in [0.717, 1.165) is 6.54 Å². The van der Waals surface area contributed by atoms with Gasteiger partial charge in [-0.05, 0) is 24.6 Å². The van der Waals surface area contributed by atoms with E-state index >= 15 is 0 Å². The van der Waals surface area contributed by atoms with Gasteiger partial charge in [0.2, 0.25) is 0 Å². The molecule has 8 heavy (non-hydrogen) atoms. The quantitative estimate of drug-likeness (QED) is 0.537. The Labute approximate surface area is 50.1 Å². The van der Waals surface area contributed by atoms with Gasteiger partial charge < -0.3 is 5.32 Å². The van der Waals surface area contributed by atoms with Crippen LogP contribution in [0.1, 0.15) is 12.8 Å². The van der Waals surface area contributed by atoms with Gasteiger partial charge in [0.05, 0.1) is 0 Å². The van der Waals surface area contributed by atoms with Crippen molar-refractivity contribution in [2.24, 2.45) is 0 Å². The number of allylic oxidation sites excluding steroid dienone is 2. The molecule has 1 nitrogen and oxygen atoms in total. The molecular weight excluding hydrogens is 98.1 g/mol. The van der Waals surface area contributed by atoms with E-state index in [9.17, 15) is 0 Å². The molecule has 44 valence electrons. The van der Waals surface area contributed by atoms with Crippen LogP contribution in [0.3, 0.4) is 0 Å². The van der Waals surface area contributed by atoms with Crippen molar-refractivity contribution in [3.63, 3.8) is 0 Å². The molecule has 0 aliphatic carbocycles. The Morgan fingerprint density at radius 2 is 2.62 bits per heavy atom. The van der Waals surface area contributed by atoms with Crippen molar-refractivity contribution < 1.29 is 0 Å². The summed E-state index contributed by atoms with van der Waals surface area (Å²) in [6, 6.07) is 0. The van der Waals surface area contributed by atoms with E-state index in [4.69, 9.17) is 0 Å². The Morgan fingerprint density at radius 1 is 1.75 bits per heavy atom. The maximum Gasteiger partial charge on any atom is 0.0144 e. The molecule has 0 fully saturated rings. The van der Waals surface area contributed by atoms with Crippen LogP contribution in [0, 0.1) is 0 Å². The van der Waals surface area contributed by atoms with Crippen LogP contribution >= 0.6 is 0 Å². The molecule has 0 aromatic heterocycles. The minimum Gasteiger partial charge on any atom is -0.391 e. The Balaban J connectivity index is 2.49. The number of hydrogen-bond acceptors (Lipinski definition) is 1. The molecule has 1 aliphatic heterocycles. The molecule has 1 aliphatic rings. The molecule has 1 N–H and O–H groups in total. The van der Waals surface area contributed by atoms with Gasteiger partial charge in [-0.1, -0.05) is 12.7 Å². The van der Waals surface area contributed by atoms with Crippen molar-refractivity contribution in [2.45, 2.75) is 12.8 Å². The van der Waals surface area contributed by atoms with E-state index in [-0.39, 0.29) is 0 Å². The molecule has 0 radical (unpaired) electrons. The smallest absolute Gasteiger partial charge is 0.0144 e. The zero-order valence-electron chi connectivity index (χ0n) is 4.98. The summed E-state index contributed by atoms with van der Waals surface area (Å²) in [7, 11) is 0. The number of rotatable bonds is 1. The second kappa shape index (κ2) is 2.55. The second-order valence-corrected chi connectivity index (χ2v) is 1.98. The molecule has 0 aromatic carbocycles. The van der Waals surface area contributed by atoms with Gasteiger partial charge in [-0.15, -0.1) is 0 Å². The molecule has 1 rings (SSSR count). The number of hydrogen-bond donors (Lipinski definition) is 1. The molecule has 0 bridgehead atoms. The summed E-state index contributed by atoms with van der Waals surface area (Å²) in [4.78, 5) is 0. The maximum atomic E-state index is 3.68. The predicted molar refractivity (Wildman–Crippen MR) is 35.5 cm³/mol. The van der Waals surface area contributed by atoms with E-state index in [0.29, 0.717) is 0 Å². The normalized spacial score (nSPS) is 18.8. The van der Waals surface area contributed by atoms with Crippen molar-refractivity contribution >= 4 is 0 Å². The molecule has 1 heterocycles. The fourth-order valence-electron chi connectivity index (χ4n) is 0.831. The van der Waals surface area contributed by atoms with Crippen LogP contribution in [0.25, 0.3) is 0 Å². The molecular formula is C7H11N. The Morgan fingerprint density at radius 3 is 3.00 bits per heavy atom. The SMILES string of the molecule is C=CC1=CNCCC1. The summed E-state index contributed by atoms with van der Waals surface area (Å²) >= 11 is 0. The molecule has 0 aromatic rings. The monoisotopic (exact) mass is 109 g/mol. The predicted octanol–water partition coefficient (Wildman–Crippen LogP) is 1.44. The van der Waals surface area contributed by atoms with E-state index in [1.54, 1.807) is 0 Å². The van der Waals surface area contributed by atoms with Crippen LogP contribution in [-0.2, 0) is 0 Å². The fourth-order valence-corrected chi connectivity index (χ4v) is 0.831. The second-order valence-electron chi connectivity index (χ2n) is 1.98. The van der Waals surface area contributed by atoms with Gasteiger partial charge in [0.25, 0.3) is 0 Å². The highest BCUT2D eigenvalue weighted by Gasteiger charge is 1.95. The first-order chi connectivity index (χ1) is 3.93. The average Bonchev–Trinajstić information content (AvgIpc) is 1.90. The van der Waals surface area contributed by atoms with Crippen molar-refractivity contribution in [2.75, 3.05) is 6.54 Å². The van der Waals surface area contributed by atoms with Gasteiger partial charge in [0, 0.05) is 6.54 Å². The topological polar surface area (TPSA) is 12.0 Å². The lowest BCUT2D eigenvalue weighted by atomic mass is 10.1. The summed E-state index contributed by atoms with van der Waals surface area (Å²) < 4.78 is 0. The lowest BCUT2D eigenvalue weighted by Gasteiger charge is -2.09. The van der Waals surface area contributed by atoms with Gasteiger partial charge in [-0.25, -0.2) is 0 Å². The van der Waals surface area contributed by atoms with Gasteiger partial charge in [-0.2, -0.15) is 0 Å². The molecule has 1 heteroatoms. The van der Waals surface area contributed by atoms with Gasteiger partial charge in [0.15, 0.2) is 0 Å². The zero-order valence-corrected chi connectivity index (χ0v) is 4.98. The lowest BCUT2D eigenvalue weighted by Crippen LogP contribution is -2.12. The summed E-state index contributed by atoms with van der Waals surface area (Å²) in [6.45, 7) is 4.80. The minimum absolute atomic E-state index is 1.12. The third-order valence-electron chi connectivity index (χ3n) is 1.34. The standard InChI is InChI=1S/C7H11N/c1-2-7-4-3-5-8-6-7/h2,6,8H,1,3-5H2. The third kappa shape index (κ3) is 1.12. The fraction of sp³-hybridized carbons (Fsp3) is 0.429. The van der Waals surface area contributed by atoms with Crippen molar-refractivity contribution in [3.05, 3.63) is 24.4 Å². The Kier molecular flexibility index (Phi) is 1.73. The molecule has 0 atom stereocenters. The maximum absolute atomic E-state index is 3.68. The van der Waals surface area contributed by atoms with E-state index < -0.39 is 0 Å². The highest BCUT2D eigenvalue weighted by atomic mass is 14.8. The molecule has 0 amide bonds. The van der Waals surface area contributed by atoms with Crippen molar-refractivity contribution in [1.82, 2.24) is 5.32 Å². The first-order valence-corrected chi connectivity index (χ1v) is 2.98. The van der Waals surface area contributed by atoms with Crippen LogP contribution in [0.5, 0.6) is 0 Å². The van der Waals surface area contributed by atoms with Crippen LogP contribution in [0.4, 0.5) is 0 Å². The lowest BCUT2D eigenvalue weighted by molar-refractivity contribution is 0.710. The van der Waals surface area contributed by atoms with Gasteiger partial charge >= 0.3 is 0 Å². The van der Waals surface area contributed by atoms with E-state index in [1.807, 2.05) is 12.3 Å². The van der Waals surface area contributed by atoms with Crippen LogP contribution in [0.15, 0.2) is 24.4 Å². The van der Waals surface area contributed by atoms with Crippen LogP contribution in [-0.4, -0.2) is 6.54 Å². The summed E-state index contributed by atoms with van der Waals surface area (Å²) in [5.74, 6) is 0. The summed E-state index contributed by atoms with van der Waals surface area (Å²) in [6.07, 6.45) is 6.39. The minimum atomic E-state index is 1.12.